The summed E-state index contributed by atoms with van der Waals surface area (Å²) < 4.78 is 5.98. The lowest BCUT2D eigenvalue weighted by Gasteiger charge is -2.23. The number of rotatable bonds is 3. The molecule has 0 aliphatic carbocycles. The predicted molar refractivity (Wildman–Crippen MR) is 75.0 cm³/mol. The van der Waals surface area contributed by atoms with Gasteiger partial charge in [-0.15, -0.1) is 0 Å². The number of carbonyl (C=O) groups is 1. The molecule has 1 aliphatic heterocycles. The Morgan fingerprint density at radius 2 is 2.33 bits per heavy atom. The Kier molecular flexibility index (Phi) is 3.92. The Hall–Kier alpha value is -1.07. The zero-order valence-electron chi connectivity index (χ0n) is 10.5. The van der Waals surface area contributed by atoms with Crippen LogP contribution >= 0.6 is 15.9 Å². The van der Waals surface area contributed by atoms with E-state index in [4.69, 9.17) is 4.74 Å². The van der Waals surface area contributed by atoms with Crippen LogP contribution in [0.1, 0.15) is 19.8 Å². The number of anilines is 1. The van der Waals surface area contributed by atoms with Crippen LogP contribution in [0.25, 0.3) is 0 Å². The van der Waals surface area contributed by atoms with Crippen LogP contribution in [0, 0.1) is 0 Å². The molecule has 0 spiro atoms. The number of benzene rings is 1. The molecule has 1 heterocycles. The fraction of sp³-hybridized carbons (Fsp3) is 0.462. The van der Waals surface area contributed by atoms with Crippen molar-refractivity contribution < 1.29 is 9.53 Å². The van der Waals surface area contributed by atoms with E-state index in [-0.39, 0.29) is 5.91 Å². The van der Waals surface area contributed by atoms with Crippen LogP contribution in [-0.2, 0) is 4.79 Å². The Bertz CT molecular complexity index is 456. The number of hydrogen-bond donors (Lipinski definition) is 2. The summed E-state index contributed by atoms with van der Waals surface area (Å²) in [7, 11) is 1.61. The highest BCUT2D eigenvalue weighted by atomic mass is 79.9. The molecule has 1 fully saturated rings. The zero-order valence-corrected chi connectivity index (χ0v) is 12.1. The second-order valence-electron chi connectivity index (χ2n) is 4.67. The van der Waals surface area contributed by atoms with Crippen LogP contribution in [0.4, 0.5) is 5.69 Å². The SMILES string of the molecule is COc1ccc(NC(=O)C2(C)CCCN2)cc1Br. The van der Waals surface area contributed by atoms with E-state index in [0.29, 0.717) is 0 Å². The largest absolute Gasteiger partial charge is 0.496 e. The molecule has 1 atom stereocenters. The number of carbonyl (C=O) groups excluding carboxylic acids is 1. The molecule has 1 unspecified atom stereocenters. The lowest BCUT2D eigenvalue weighted by Crippen LogP contribution is -2.47. The highest BCUT2D eigenvalue weighted by Crippen LogP contribution is 2.28. The molecule has 1 aromatic carbocycles. The van der Waals surface area contributed by atoms with E-state index in [9.17, 15) is 4.79 Å². The number of nitrogens with one attached hydrogen (secondary N) is 2. The summed E-state index contributed by atoms with van der Waals surface area (Å²) >= 11 is 3.40. The van der Waals surface area contributed by atoms with Crippen molar-refractivity contribution in [2.24, 2.45) is 0 Å². The topological polar surface area (TPSA) is 50.4 Å². The van der Waals surface area contributed by atoms with E-state index in [1.54, 1.807) is 7.11 Å². The second-order valence-corrected chi connectivity index (χ2v) is 5.52. The number of methoxy groups -OCH3 is 1. The zero-order chi connectivity index (χ0) is 13.2. The molecule has 1 saturated heterocycles. The molecule has 2 N–H and O–H groups in total. The van der Waals surface area contributed by atoms with Crippen molar-refractivity contribution in [3.63, 3.8) is 0 Å². The highest BCUT2D eigenvalue weighted by molar-refractivity contribution is 9.10. The number of amides is 1. The van der Waals surface area contributed by atoms with Crippen LogP contribution in [0.3, 0.4) is 0 Å². The third kappa shape index (κ3) is 2.67. The van der Waals surface area contributed by atoms with Crippen LogP contribution in [0.5, 0.6) is 5.75 Å². The van der Waals surface area contributed by atoms with Gasteiger partial charge < -0.3 is 15.4 Å². The summed E-state index contributed by atoms with van der Waals surface area (Å²) in [5.74, 6) is 0.760. The minimum Gasteiger partial charge on any atom is -0.496 e. The van der Waals surface area contributed by atoms with Gasteiger partial charge in [-0.05, 0) is 60.4 Å². The van der Waals surface area contributed by atoms with Gasteiger partial charge in [0.05, 0.1) is 17.1 Å². The molecule has 1 aromatic rings. The van der Waals surface area contributed by atoms with Crippen molar-refractivity contribution in [1.29, 1.82) is 0 Å². The van der Waals surface area contributed by atoms with Crippen LogP contribution < -0.4 is 15.4 Å². The minimum atomic E-state index is -0.452. The molecule has 0 aromatic heterocycles. The minimum absolute atomic E-state index is 0.0112. The van der Waals surface area contributed by atoms with Gasteiger partial charge in [0, 0.05) is 5.69 Å². The first-order valence-corrected chi connectivity index (χ1v) is 6.74. The lowest BCUT2D eigenvalue weighted by molar-refractivity contribution is -0.121. The Labute approximate surface area is 115 Å². The van der Waals surface area contributed by atoms with Crippen molar-refractivity contribution >= 4 is 27.5 Å². The molecule has 4 nitrogen and oxygen atoms in total. The summed E-state index contributed by atoms with van der Waals surface area (Å²) in [6, 6.07) is 5.50. The van der Waals surface area contributed by atoms with Gasteiger partial charge in [-0.25, -0.2) is 0 Å². The summed E-state index contributed by atoms with van der Waals surface area (Å²) in [6.07, 6.45) is 1.91. The molecule has 18 heavy (non-hydrogen) atoms. The normalized spacial score (nSPS) is 22.8. The fourth-order valence-electron chi connectivity index (χ4n) is 2.10. The fourth-order valence-corrected chi connectivity index (χ4v) is 2.64. The lowest BCUT2D eigenvalue weighted by atomic mass is 9.99. The van der Waals surface area contributed by atoms with Crippen molar-refractivity contribution in [2.75, 3.05) is 19.0 Å². The first-order chi connectivity index (χ1) is 8.55. The van der Waals surface area contributed by atoms with Crippen LogP contribution in [0.2, 0.25) is 0 Å². The van der Waals surface area contributed by atoms with E-state index in [0.717, 1.165) is 35.3 Å². The standard InChI is InChI=1S/C13H17BrN2O2/c1-13(6-3-7-15-13)12(17)16-9-4-5-11(18-2)10(14)8-9/h4-5,8,15H,3,6-7H2,1-2H3,(H,16,17). The van der Waals surface area contributed by atoms with Gasteiger partial charge in [-0.1, -0.05) is 0 Å². The average molecular weight is 313 g/mol. The summed E-state index contributed by atoms with van der Waals surface area (Å²) in [6.45, 7) is 2.84. The van der Waals surface area contributed by atoms with Crippen molar-refractivity contribution in [1.82, 2.24) is 5.32 Å². The molecular formula is C13H17BrN2O2. The van der Waals surface area contributed by atoms with Crippen LogP contribution in [0.15, 0.2) is 22.7 Å². The van der Waals surface area contributed by atoms with E-state index >= 15 is 0 Å². The Morgan fingerprint density at radius 3 is 2.89 bits per heavy atom. The summed E-state index contributed by atoms with van der Waals surface area (Å²) in [5.41, 5.74) is 0.314. The molecule has 0 saturated carbocycles. The van der Waals surface area contributed by atoms with Gasteiger partial charge in [-0.3, -0.25) is 4.79 Å². The third-order valence-electron chi connectivity index (χ3n) is 3.28. The van der Waals surface area contributed by atoms with E-state index < -0.39 is 5.54 Å². The number of hydrogen-bond acceptors (Lipinski definition) is 3. The van der Waals surface area contributed by atoms with Crippen molar-refractivity contribution in [3.05, 3.63) is 22.7 Å². The smallest absolute Gasteiger partial charge is 0.244 e. The van der Waals surface area contributed by atoms with E-state index in [1.807, 2.05) is 25.1 Å². The number of ether oxygens (including phenoxy) is 1. The Balaban J connectivity index is 2.09. The molecular weight excluding hydrogens is 296 g/mol. The quantitative estimate of drug-likeness (QED) is 0.901. The van der Waals surface area contributed by atoms with E-state index in [2.05, 4.69) is 26.6 Å². The summed E-state index contributed by atoms with van der Waals surface area (Å²) in [4.78, 5) is 12.2. The Morgan fingerprint density at radius 1 is 1.56 bits per heavy atom. The maximum Gasteiger partial charge on any atom is 0.244 e. The molecule has 5 heteroatoms. The predicted octanol–water partition coefficient (Wildman–Crippen LogP) is 2.54. The molecule has 1 aliphatic rings. The molecule has 98 valence electrons. The monoisotopic (exact) mass is 312 g/mol. The maximum absolute atomic E-state index is 12.2. The first-order valence-electron chi connectivity index (χ1n) is 5.95. The van der Waals surface area contributed by atoms with Gasteiger partial charge in [-0.2, -0.15) is 0 Å². The van der Waals surface area contributed by atoms with Gasteiger partial charge in [0.15, 0.2) is 0 Å². The van der Waals surface area contributed by atoms with E-state index in [1.165, 1.54) is 0 Å². The maximum atomic E-state index is 12.2. The molecule has 2 rings (SSSR count). The van der Waals surface area contributed by atoms with Gasteiger partial charge >= 0.3 is 0 Å². The average Bonchev–Trinajstić information content (AvgIpc) is 2.78. The van der Waals surface area contributed by atoms with Gasteiger partial charge in [0.25, 0.3) is 0 Å². The second kappa shape index (κ2) is 5.28. The first kappa shape index (κ1) is 13.4. The van der Waals surface area contributed by atoms with Gasteiger partial charge in [0.1, 0.15) is 5.75 Å². The number of halogens is 1. The molecule has 0 radical (unpaired) electrons. The third-order valence-corrected chi connectivity index (χ3v) is 3.90. The molecule has 0 bridgehead atoms. The summed E-state index contributed by atoms with van der Waals surface area (Å²) in [5, 5.41) is 6.17. The van der Waals surface area contributed by atoms with Crippen LogP contribution in [-0.4, -0.2) is 25.1 Å². The van der Waals surface area contributed by atoms with Gasteiger partial charge in [0.2, 0.25) is 5.91 Å². The highest BCUT2D eigenvalue weighted by Gasteiger charge is 2.35. The molecule has 1 amide bonds. The van der Waals surface area contributed by atoms with Crippen molar-refractivity contribution in [3.8, 4) is 5.75 Å². The van der Waals surface area contributed by atoms with Crippen molar-refractivity contribution in [2.45, 2.75) is 25.3 Å².